The van der Waals surface area contributed by atoms with Crippen LogP contribution >= 0.6 is 0 Å². The molecular formula is C22H30O6. The summed E-state index contributed by atoms with van der Waals surface area (Å²) in [6, 6.07) is 6.54. The number of benzene rings is 1. The van der Waals surface area contributed by atoms with E-state index < -0.39 is 11.9 Å². The van der Waals surface area contributed by atoms with Crippen molar-refractivity contribution in [2.45, 2.75) is 65.0 Å². The fraction of sp³-hybridized carbons (Fsp3) is 0.545. The van der Waals surface area contributed by atoms with Crippen LogP contribution in [0.15, 0.2) is 36.4 Å². The molecular weight excluding hydrogens is 360 g/mol. The number of esters is 2. The first-order valence-electron chi connectivity index (χ1n) is 9.76. The van der Waals surface area contributed by atoms with Crippen molar-refractivity contribution in [3.63, 3.8) is 0 Å². The maximum atomic E-state index is 12.6. The van der Waals surface area contributed by atoms with Crippen LogP contribution in [0.4, 0.5) is 0 Å². The molecule has 0 aromatic heterocycles. The summed E-state index contributed by atoms with van der Waals surface area (Å²) in [5.41, 5.74) is 0.405. The minimum Gasteiger partial charge on any atom is -0.459 e. The predicted octanol–water partition coefficient (Wildman–Crippen LogP) is 3.94. The minimum absolute atomic E-state index is 0.0766. The van der Waals surface area contributed by atoms with Crippen LogP contribution in [0.3, 0.4) is 0 Å². The monoisotopic (exact) mass is 390 g/mol. The van der Waals surface area contributed by atoms with Gasteiger partial charge in [0, 0.05) is 12.8 Å². The molecule has 1 aliphatic heterocycles. The molecule has 1 heterocycles. The molecule has 1 aliphatic rings. The molecule has 0 radical (unpaired) electrons. The lowest BCUT2D eigenvalue weighted by Crippen LogP contribution is -2.25. The van der Waals surface area contributed by atoms with Crippen molar-refractivity contribution >= 4 is 11.9 Å². The third kappa shape index (κ3) is 7.09. The van der Waals surface area contributed by atoms with E-state index in [0.29, 0.717) is 26.1 Å². The molecule has 0 spiro atoms. The molecule has 4 atom stereocenters. The molecule has 0 N–H and O–H groups in total. The van der Waals surface area contributed by atoms with E-state index >= 15 is 0 Å². The molecule has 0 saturated heterocycles. The maximum Gasteiger partial charge on any atom is 0.339 e. The van der Waals surface area contributed by atoms with Gasteiger partial charge in [-0.3, -0.25) is 0 Å². The van der Waals surface area contributed by atoms with E-state index in [0.717, 1.165) is 0 Å². The fourth-order valence-electron chi connectivity index (χ4n) is 3.07. The van der Waals surface area contributed by atoms with E-state index in [-0.39, 0.29) is 35.5 Å². The van der Waals surface area contributed by atoms with Crippen LogP contribution in [0.2, 0.25) is 0 Å². The van der Waals surface area contributed by atoms with Gasteiger partial charge in [-0.25, -0.2) is 9.59 Å². The second-order valence-electron chi connectivity index (χ2n) is 7.21. The van der Waals surface area contributed by atoms with Gasteiger partial charge in [0.1, 0.15) is 12.2 Å². The normalized spacial score (nSPS) is 29.6. The van der Waals surface area contributed by atoms with Crippen molar-refractivity contribution in [3.8, 4) is 0 Å². The van der Waals surface area contributed by atoms with E-state index in [9.17, 15) is 9.59 Å². The van der Waals surface area contributed by atoms with Gasteiger partial charge in [-0.2, -0.15) is 0 Å². The Hall–Kier alpha value is -2.18. The van der Waals surface area contributed by atoms with Gasteiger partial charge in [0.2, 0.25) is 0 Å². The molecule has 2 rings (SSSR count). The highest BCUT2D eigenvalue weighted by Crippen LogP contribution is 2.17. The van der Waals surface area contributed by atoms with Crippen LogP contribution in [0.1, 0.15) is 61.3 Å². The molecule has 6 nitrogen and oxygen atoms in total. The average molecular weight is 390 g/mol. The van der Waals surface area contributed by atoms with E-state index in [1.165, 1.54) is 0 Å². The minimum atomic E-state index is -0.544. The van der Waals surface area contributed by atoms with Crippen LogP contribution in [-0.2, 0) is 18.9 Å². The number of carbonyl (C=O) groups excluding carboxylic acids is 2. The fourth-order valence-corrected chi connectivity index (χ4v) is 3.07. The van der Waals surface area contributed by atoms with E-state index in [2.05, 4.69) is 0 Å². The molecule has 0 saturated carbocycles. The summed E-state index contributed by atoms with van der Waals surface area (Å²) in [5.74, 6) is -1.09. The summed E-state index contributed by atoms with van der Waals surface area (Å²) in [6.07, 6.45) is 4.06. The standard InChI is InChI=1S/C22H30O6/c1-15-13-17(3)27-21(23)19-9-5-6-10-20(19)22(24)28-18(4)14-16(2)26-12-8-7-11-25-15/h5-10,15-18H,11-14H2,1-4H3/b8-7-/t15-,16?,17?,18-/m1/s1. The van der Waals surface area contributed by atoms with Gasteiger partial charge in [0.15, 0.2) is 0 Å². The zero-order chi connectivity index (χ0) is 20.5. The van der Waals surface area contributed by atoms with Gasteiger partial charge in [-0.1, -0.05) is 24.3 Å². The average Bonchev–Trinajstić information content (AvgIpc) is 2.63. The van der Waals surface area contributed by atoms with Gasteiger partial charge >= 0.3 is 11.9 Å². The molecule has 154 valence electrons. The van der Waals surface area contributed by atoms with E-state index in [1.54, 1.807) is 24.3 Å². The van der Waals surface area contributed by atoms with Crippen LogP contribution in [-0.4, -0.2) is 49.6 Å². The highest BCUT2D eigenvalue weighted by atomic mass is 16.6. The van der Waals surface area contributed by atoms with Crippen LogP contribution < -0.4 is 0 Å². The van der Waals surface area contributed by atoms with Crippen LogP contribution in [0, 0.1) is 0 Å². The molecule has 28 heavy (non-hydrogen) atoms. The van der Waals surface area contributed by atoms with Crippen molar-refractivity contribution in [2.24, 2.45) is 0 Å². The second kappa shape index (κ2) is 11.0. The zero-order valence-electron chi connectivity index (χ0n) is 17.1. The lowest BCUT2D eigenvalue weighted by Gasteiger charge is -2.20. The largest absolute Gasteiger partial charge is 0.459 e. The van der Waals surface area contributed by atoms with Crippen molar-refractivity contribution in [3.05, 3.63) is 47.5 Å². The van der Waals surface area contributed by atoms with Crippen molar-refractivity contribution in [1.82, 2.24) is 0 Å². The van der Waals surface area contributed by atoms with Gasteiger partial charge in [-0.05, 0) is 39.8 Å². The maximum absolute atomic E-state index is 12.6. The summed E-state index contributed by atoms with van der Waals surface area (Å²) in [5, 5.41) is 0. The molecule has 2 unspecified atom stereocenters. The van der Waals surface area contributed by atoms with Crippen molar-refractivity contribution in [2.75, 3.05) is 13.2 Å². The van der Waals surface area contributed by atoms with E-state index in [1.807, 2.05) is 39.8 Å². The Balaban J connectivity index is 2.19. The summed E-state index contributed by atoms with van der Waals surface area (Å²) >= 11 is 0. The smallest absolute Gasteiger partial charge is 0.339 e. The first-order chi connectivity index (χ1) is 13.4. The first kappa shape index (κ1) is 22.1. The third-order valence-electron chi connectivity index (χ3n) is 4.43. The van der Waals surface area contributed by atoms with Crippen LogP contribution in [0.25, 0.3) is 0 Å². The lowest BCUT2D eigenvalue weighted by molar-refractivity contribution is 0.00409. The molecule has 1 aromatic carbocycles. The molecule has 1 aromatic rings. The van der Waals surface area contributed by atoms with E-state index in [4.69, 9.17) is 18.9 Å². The van der Waals surface area contributed by atoms with Gasteiger partial charge < -0.3 is 18.9 Å². The Morgan fingerprint density at radius 1 is 0.679 bits per heavy atom. The second-order valence-corrected chi connectivity index (χ2v) is 7.21. The zero-order valence-corrected chi connectivity index (χ0v) is 17.1. The van der Waals surface area contributed by atoms with Crippen molar-refractivity contribution in [1.29, 1.82) is 0 Å². The quantitative estimate of drug-likeness (QED) is 0.494. The Kier molecular flexibility index (Phi) is 8.67. The molecule has 0 fully saturated rings. The topological polar surface area (TPSA) is 71.1 Å². The number of rotatable bonds is 0. The number of cyclic esters (lactones) is 2. The number of fused-ring (bicyclic) bond motifs is 1. The number of carbonyl (C=O) groups is 2. The van der Waals surface area contributed by atoms with Crippen molar-refractivity contribution < 1.29 is 28.5 Å². The third-order valence-corrected chi connectivity index (χ3v) is 4.43. The molecule has 0 amide bonds. The summed E-state index contributed by atoms with van der Waals surface area (Å²) in [7, 11) is 0. The summed E-state index contributed by atoms with van der Waals surface area (Å²) in [4.78, 5) is 25.2. The highest BCUT2D eigenvalue weighted by Gasteiger charge is 2.23. The lowest BCUT2D eigenvalue weighted by atomic mass is 10.1. The summed E-state index contributed by atoms with van der Waals surface area (Å²) in [6.45, 7) is 8.42. The number of hydrogen-bond acceptors (Lipinski definition) is 6. The predicted molar refractivity (Wildman–Crippen MR) is 105 cm³/mol. The Morgan fingerprint density at radius 3 is 1.46 bits per heavy atom. The molecule has 0 bridgehead atoms. The SMILES string of the molecule is CC1C[C@@H](C)OC(=O)c2ccccc2C(=O)OC(C)C[C@@H](C)OC/C=C\CO1. The Labute approximate surface area is 166 Å². The summed E-state index contributed by atoms with van der Waals surface area (Å²) < 4.78 is 22.5. The Bertz CT molecular complexity index is 626. The van der Waals surface area contributed by atoms with Crippen LogP contribution in [0.5, 0.6) is 0 Å². The van der Waals surface area contributed by atoms with Gasteiger partial charge in [0.25, 0.3) is 0 Å². The number of hydrogen-bond donors (Lipinski definition) is 0. The van der Waals surface area contributed by atoms with Gasteiger partial charge in [0.05, 0.1) is 36.5 Å². The number of ether oxygens (including phenoxy) is 4. The molecule has 0 aliphatic carbocycles. The Morgan fingerprint density at radius 2 is 1.07 bits per heavy atom. The molecule has 6 heteroatoms. The van der Waals surface area contributed by atoms with Gasteiger partial charge in [-0.15, -0.1) is 0 Å². The first-order valence-corrected chi connectivity index (χ1v) is 9.76. The highest BCUT2D eigenvalue weighted by molar-refractivity contribution is 6.03.